The molecule has 1 fully saturated rings. The predicted octanol–water partition coefficient (Wildman–Crippen LogP) is 4.72. The van der Waals surface area contributed by atoms with Crippen LogP contribution >= 0.6 is 22.9 Å². The molecule has 2 aromatic rings. The Labute approximate surface area is 204 Å². The van der Waals surface area contributed by atoms with Crippen LogP contribution in [0.1, 0.15) is 58.5 Å². The topological polar surface area (TPSA) is 76.5 Å². The van der Waals surface area contributed by atoms with Gasteiger partial charge in [-0.1, -0.05) is 18.5 Å². The Bertz CT molecular complexity index is 1110. The smallest absolute Gasteiger partial charge is 0.378 e. The van der Waals surface area contributed by atoms with E-state index in [1.807, 2.05) is 0 Å². The highest BCUT2D eigenvalue weighted by atomic mass is 35.5. The van der Waals surface area contributed by atoms with Gasteiger partial charge in [0.1, 0.15) is 11.0 Å². The van der Waals surface area contributed by atoms with Crippen molar-refractivity contribution in [1.82, 2.24) is 14.7 Å². The fourth-order valence-corrected chi connectivity index (χ4v) is 6.01. The van der Waals surface area contributed by atoms with Gasteiger partial charge in [0.15, 0.2) is 5.69 Å². The standard InChI is InChI=1S/C22H26ClF3N4O3S/c1-11-4-5-14-15(10-11)34-20(16(14)21(32)29-6-8-33-9-7-29)27-19(31)13(3)30-12(2)17(23)18(28-30)22(24,25)26/h11,13H,4-10H2,1-3H3,(H,27,31)/t11-,13+/m1/s1. The molecule has 186 valence electrons. The number of hydrogen-bond donors (Lipinski definition) is 1. The molecule has 0 radical (unpaired) electrons. The summed E-state index contributed by atoms with van der Waals surface area (Å²) in [6.07, 6.45) is -2.23. The van der Waals surface area contributed by atoms with E-state index < -0.39 is 28.8 Å². The van der Waals surface area contributed by atoms with E-state index in [1.165, 1.54) is 25.2 Å². The van der Waals surface area contributed by atoms with Gasteiger partial charge in [-0.05, 0) is 44.6 Å². The van der Waals surface area contributed by atoms with E-state index in [2.05, 4.69) is 17.3 Å². The van der Waals surface area contributed by atoms with E-state index in [0.717, 1.165) is 34.4 Å². The van der Waals surface area contributed by atoms with E-state index in [0.29, 0.717) is 42.8 Å². The lowest BCUT2D eigenvalue weighted by Crippen LogP contribution is -2.41. The van der Waals surface area contributed by atoms with E-state index in [-0.39, 0.29) is 11.6 Å². The predicted molar refractivity (Wildman–Crippen MR) is 123 cm³/mol. The first kappa shape index (κ1) is 25.0. The Morgan fingerprint density at radius 1 is 1.29 bits per heavy atom. The second-order valence-corrected chi connectivity index (χ2v) is 10.3. The zero-order valence-corrected chi connectivity index (χ0v) is 20.7. The summed E-state index contributed by atoms with van der Waals surface area (Å²) in [5.41, 5.74) is 0.261. The van der Waals surface area contributed by atoms with Crippen LogP contribution in [0.15, 0.2) is 0 Å². The molecule has 34 heavy (non-hydrogen) atoms. The largest absolute Gasteiger partial charge is 0.436 e. The number of aromatic nitrogens is 2. The van der Waals surface area contributed by atoms with Crippen molar-refractivity contribution in [3.8, 4) is 0 Å². The molecule has 2 amide bonds. The van der Waals surface area contributed by atoms with Crippen molar-refractivity contribution in [2.45, 2.75) is 52.3 Å². The van der Waals surface area contributed by atoms with Crippen LogP contribution in [0.3, 0.4) is 0 Å². The average Bonchev–Trinajstić information content (AvgIpc) is 3.29. The summed E-state index contributed by atoms with van der Waals surface area (Å²) in [5, 5.41) is 6.27. The fraction of sp³-hybridized carbons (Fsp3) is 0.591. The van der Waals surface area contributed by atoms with Crippen LogP contribution in [0, 0.1) is 12.8 Å². The summed E-state index contributed by atoms with van der Waals surface area (Å²) in [6, 6.07) is -1.07. The van der Waals surface area contributed by atoms with Gasteiger partial charge in [0.05, 0.1) is 29.5 Å². The van der Waals surface area contributed by atoms with Crippen molar-refractivity contribution in [2.24, 2.45) is 5.92 Å². The van der Waals surface area contributed by atoms with E-state index >= 15 is 0 Å². The molecule has 12 heteroatoms. The van der Waals surface area contributed by atoms with Crippen molar-refractivity contribution < 1.29 is 27.5 Å². The molecule has 2 aliphatic rings. The lowest BCUT2D eigenvalue weighted by Gasteiger charge is -2.28. The second-order valence-electron chi connectivity index (χ2n) is 8.82. The van der Waals surface area contributed by atoms with Crippen molar-refractivity contribution in [2.75, 3.05) is 31.6 Å². The molecule has 0 unspecified atom stereocenters. The molecule has 7 nitrogen and oxygen atoms in total. The normalized spacial score (nSPS) is 19.6. The maximum Gasteiger partial charge on any atom is 0.436 e. The number of anilines is 1. The van der Waals surface area contributed by atoms with Gasteiger partial charge in [-0.15, -0.1) is 11.3 Å². The van der Waals surface area contributed by atoms with Gasteiger partial charge in [-0.25, -0.2) is 0 Å². The molecule has 4 rings (SSSR count). The van der Waals surface area contributed by atoms with Crippen LogP contribution < -0.4 is 5.32 Å². The molecular weight excluding hydrogens is 493 g/mol. The van der Waals surface area contributed by atoms with E-state index in [9.17, 15) is 22.8 Å². The number of nitrogens with zero attached hydrogens (tertiary/aromatic N) is 3. The number of fused-ring (bicyclic) bond motifs is 1. The van der Waals surface area contributed by atoms with Gasteiger partial charge in [0, 0.05) is 18.0 Å². The van der Waals surface area contributed by atoms with Gasteiger partial charge in [-0.3, -0.25) is 14.3 Å². The molecule has 0 aromatic carbocycles. The highest BCUT2D eigenvalue weighted by Gasteiger charge is 2.39. The number of nitrogens with one attached hydrogen (secondary N) is 1. The Morgan fingerprint density at radius 2 is 1.97 bits per heavy atom. The van der Waals surface area contributed by atoms with E-state index in [4.69, 9.17) is 16.3 Å². The monoisotopic (exact) mass is 518 g/mol. The SMILES string of the molecule is Cc1c(Cl)c(C(F)(F)F)nn1[C@@H](C)C(=O)Nc1sc2c(c1C(=O)N1CCOCC1)CC[C@@H](C)C2. The molecule has 1 N–H and O–H groups in total. The summed E-state index contributed by atoms with van der Waals surface area (Å²) in [4.78, 5) is 29.3. The first-order chi connectivity index (χ1) is 16.0. The molecule has 1 aliphatic carbocycles. The van der Waals surface area contributed by atoms with Gasteiger partial charge in [0.2, 0.25) is 5.91 Å². The van der Waals surface area contributed by atoms with Crippen molar-refractivity contribution in [3.63, 3.8) is 0 Å². The molecule has 2 aromatic heterocycles. The van der Waals surface area contributed by atoms with E-state index in [1.54, 1.807) is 4.90 Å². The number of hydrogen-bond acceptors (Lipinski definition) is 5. The molecular formula is C22H26ClF3N4O3S. The number of amides is 2. The number of carbonyl (C=O) groups excluding carboxylic acids is 2. The maximum atomic E-state index is 13.4. The summed E-state index contributed by atoms with van der Waals surface area (Å²) in [7, 11) is 0. The van der Waals surface area contributed by atoms with Crippen LogP contribution in [-0.4, -0.2) is 52.8 Å². The molecule has 2 atom stereocenters. The number of carbonyl (C=O) groups is 2. The Balaban J connectivity index is 1.64. The van der Waals surface area contributed by atoms with Gasteiger partial charge < -0.3 is 15.0 Å². The Hall–Kier alpha value is -2.11. The minimum absolute atomic E-state index is 0.0422. The van der Waals surface area contributed by atoms with Gasteiger partial charge in [0.25, 0.3) is 5.91 Å². The number of morpholine rings is 1. The zero-order chi connectivity index (χ0) is 24.8. The number of alkyl halides is 3. The third kappa shape index (κ3) is 4.70. The summed E-state index contributed by atoms with van der Waals surface area (Å²) < 4.78 is 46.0. The van der Waals surface area contributed by atoms with Gasteiger partial charge >= 0.3 is 6.18 Å². The van der Waals surface area contributed by atoms with Crippen LogP contribution in [0.4, 0.5) is 18.2 Å². The third-order valence-corrected chi connectivity index (χ3v) is 7.97. The van der Waals surface area contributed by atoms with Crippen molar-refractivity contribution >= 4 is 39.8 Å². The number of halogens is 4. The molecule has 0 saturated carbocycles. The molecule has 1 aliphatic heterocycles. The Kier molecular flexibility index (Phi) is 6.99. The van der Waals surface area contributed by atoms with Crippen LogP contribution in [0.25, 0.3) is 0 Å². The first-order valence-corrected chi connectivity index (χ1v) is 12.3. The lowest BCUT2D eigenvalue weighted by atomic mass is 9.88. The highest BCUT2D eigenvalue weighted by Crippen LogP contribution is 2.41. The summed E-state index contributed by atoms with van der Waals surface area (Å²) in [6.45, 7) is 6.82. The Morgan fingerprint density at radius 3 is 2.59 bits per heavy atom. The minimum Gasteiger partial charge on any atom is -0.378 e. The molecule has 1 saturated heterocycles. The minimum atomic E-state index is -4.73. The van der Waals surface area contributed by atoms with Crippen molar-refractivity contribution in [1.29, 1.82) is 0 Å². The number of rotatable bonds is 4. The average molecular weight is 519 g/mol. The highest BCUT2D eigenvalue weighted by molar-refractivity contribution is 7.17. The fourth-order valence-electron chi connectivity index (χ4n) is 4.37. The van der Waals surface area contributed by atoms with Crippen LogP contribution in [0.5, 0.6) is 0 Å². The number of thiophene rings is 1. The molecule has 0 bridgehead atoms. The molecule has 3 heterocycles. The lowest BCUT2D eigenvalue weighted by molar-refractivity contribution is -0.141. The van der Waals surface area contributed by atoms with Gasteiger partial charge in [-0.2, -0.15) is 18.3 Å². The number of ether oxygens (including phenoxy) is 1. The van der Waals surface area contributed by atoms with Crippen LogP contribution in [-0.2, 0) is 28.5 Å². The van der Waals surface area contributed by atoms with Crippen LogP contribution in [0.2, 0.25) is 5.02 Å². The second kappa shape index (κ2) is 9.50. The maximum absolute atomic E-state index is 13.4. The quantitative estimate of drug-likeness (QED) is 0.635. The third-order valence-electron chi connectivity index (χ3n) is 6.35. The zero-order valence-electron chi connectivity index (χ0n) is 19.1. The first-order valence-electron chi connectivity index (χ1n) is 11.1. The molecule has 0 spiro atoms. The summed E-state index contributed by atoms with van der Waals surface area (Å²) in [5.74, 6) is -0.260. The summed E-state index contributed by atoms with van der Waals surface area (Å²) >= 11 is 7.22. The van der Waals surface area contributed by atoms with Crippen molar-refractivity contribution in [3.05, 3.63) is 32.4 Å².